The molecule has 1 aromatic carbocycles. The predicted octanol–water partition coefficient (Wildman–Crippen LogP) is 2.83. The quantitative estimate of drug-likeness (QED) is 0.651. The van der Waals surface area contributed by atoms with Crippen LogP contribution in [0.5, 0.6) is 0 Å². The van der Waals surface area contributed by atoms with E-state index >= 15 is 0 Å². The Hall–Kier alpha value is -3.28. The molecule has 0 radical (unpaired) electrons. The van der Waals surface area contributed by atoms with E-state index in [4.69, 9.17) is 4.52 Å². The Bertz CT molecular complexity index is 1100. The number of para-hydroxylation sites is 1. The fourth-order valence-electron chi connectivity index (χ4n) is 3.64. The number of hydrogen-bond donors (Lipinski definition) is 1. The van der Waals surface area contributed by atoms with Crippen LogP contribution in [0.25, 0.3) is 5.69 Å². The molecule has 32 heavy (non-hydrogen) atoms. The van der Waals surface area contributed by atoms with E-state index in [1.54, 1.807) is 29.2 Å². The minimum absolute atomic E-state index is 0.0243. The first-order valence-electron chi connectivity index (χ1n) is 9.99. The number of nitrogens with zero attached hydrogens (tertiary/aromatic N) is 6. The van der Waals surface area contributed by atoms with Gasteiger partial charge in [0.2, 0.25) is 5.60 Å². The summed E-state index contributed by atoms with van der Waals surface area (Å²) in [4.78, 5) is 20.2. The van der Waals surface area contributed by atoms with Crippen LogP contribution in [0.15, 0.2) is 41.2 Å². The number of carbonyl (C=O) groups is 1. The Morgan fingerprint density at radius 2 is 1.88 bits per heavy atom. The second kappa shape index (κ2) is 8.01. The van der Waals surface area contributed by atoms with Crippen molar-refractivity contribution in [1.29, 1.82) is 0 Å². The van der Waals surface area contributed by atoms with Gasteiger partial charge in [-0.1, -0.05) is 17.3 Å². The lowest BCUT2D eigenvalue weighted by atomic mass is 9.92. The third-order valence-corrected chi connectivity index (χ3v) is 5.69. The van der Waals surface area contributed by atoms with Crippen molar-refractivity contribution in [3.63, 3.8) is 0 Å². The first-order chi connectivity index (χ1) is 15.1. The number of benzene rings is 1. The molecule has 0 spiro atoms. The molecule has 4 rings (SSSR count). The van der Waals surface area contributed by atoms with Gasteiger partial charge < -0.3 is 14.5 Å². The Labute approximate surface area is 180 Å². The molecular formula is C20H21F3N6O3. The molecule has 1 N–H and O–H groups in total. The maximum atomic E-state index is 13.4. The summed E-state index contributed by atoms with van der Waals surface area (Å²) in [5, 5.41) is 21.6. The first-order valence-corrected chi connectivity index (χ1v) is 9.99. The zero-order chi connectivity index (χ0) is 23.1. The van der Waals surface area contributed by atoms with E-state index in [-0.39, 0.29) is 24.3 Å². The molecule has 3 aromatic rings. The number of hydrogen-bond acceptors (Lipinski definition) is 7. The molecule has 0 bridgehead atoms. The van der Waals surface area contributed by atoms with Crippen LogP contribution in [0.3, 0.4) is 0 Å². The summed E-state index contributed by atoms with van der Waals surface area (Å²) in [6, 6.07) is 6.79. The van der Waals surface area contributed by atoms with Gasteiger partial charge in [0.1, 0.15) is 0 Å². The minimum Gasteiger partial charge on any atom is -0.373 e. The SMILES string of the molecule is C[C@@H]1CC[C@@H](c2noc([C@](C)(O)C(F)(F)F)n2)CN1C(=O)c1ccccc1-n1nccn1. The molecule has 9 nitrogen and oxygen atoms in total. The summed E-state index contributed by atoms with van der Waals surface area (Å²) in [5.41, 5.74) is -2.35. The Kier molecular flexibility index (Phi) is 5.49. The van der Waals surface area contributed by atoms with Crippen LogP contribution in [-0.4, -0.2) is 59.8 Å². The van der Waals surface area contributed by atoms with Crippen molar-refractivity contribution >= 4 is 5.91 Å². The van der Waals surface area contributed by atoms with E-state index in [9.17, 15) is 23.1 Å². The van der Waals surface area contributed by atoms with E-state index in [1.807, 2.05) is 6.92 Å². The van der Waals surface area contributed by atoms with E-state index < -0.39 is 23.6 Å². The molecule has 1 fully saturated rings. The van der Waals surface area contributed by atoms with Crippen LogP contribution in [0.4, 0.5) is 13.2 Å². The number of aliphatic hydroxyl groups is 1. The van der Waals surface area contributed by atoms with Crippen molar-refractivity contribution in [2.45, 2.75) is 50.4 Å². The summed E-state index contributed by atoms with van der Waals surface area (Å²) >= 11 is 0. The zero-order valence-corrected chi connectivity index (χ0v) is 17.3. The smallest absolute Gasteiger partial charge is 0.373 e. The van der Waals surface area contributed by atoms with Crippen LogP contribution in [-0.2, 0) is 5.60 Å². The maximum absolute atomic E-state index is 13.4. The zero-order valence-electron chi connectivity index (χ0n) is 17.3. The fraction of sp³-hybridized carbons (Fsp3) is 0.450. The van der Waals surface area contributed by atoms with Gasteiger partial charge in [-0.2, -0.15) is 33.1 Å². The number of aromatic nitrogens is 5. The number of likely N-dealkylation sites (tertiary alicyclic amines) is 1. The Morgan fingerprint density at radius 3 is 2.56 bits per heavy atom. The topological polar surface area (TPSA) is 110 Å². The van der Waals surface area contributed by atoms with E-state index in [0.29, 0.717) is 31.0 Å². The van der Waals surface area contributed by atoms with E-state index in [2.05, 4.69) is 20.3 Å². The van der Waals surface area contributed by atoms with E-state index in [0.717, 1.165) is 0 Å². The molecule has 3 heterocycles. The maximum Gasteiger partial charge on any atom is 0.426 e. The summed E-state index contributed by atoms with van der Waals surface area (Å²) in [7, 11) is 0. The number of amides is 1. The predicted molar refractivity (Wildman–Crippen MR) is 104 cm³/mol. The van der Waals surface area contributed by atoms with Gasteiger partial charge in [-0.25, -0.2) is 0 Å². The third-order valence-electron chi connectivity index (χ3n) is 5.69. The van der Waals surface area contributed by atoms with Gasteiger partial charge in [-0.05, 0) is 38.8 Å². The lowest BCUT2D eigenvalue weighted by molar-refractivity contribution is -0.267. The summed E-state index contributed by atoms with van der Waals surface area (Å²) in [6.07, 6.45) is -0.808. The van der Waals surface area contributed by atoms with Gasteiger partial charge in [0.25, 0.3) is 11.8 Å². The highest BCUT2D eigenvalue weighted by Gasteiger charge is 2.55. The lowest BCUT2D eigenvalue weighted by Gasteiger charge is -2.37. The van der Waals surface area contributed by atoms with Crippen molar-refractivity contribution in [2.24, 2.45) is 0 Å². The molecule has 1 aliphatic heterocycles. The molecule has 170 valence electrons. The fourth-order valence-corrected chi connectivity index (χ4v) is 3.64. The van der Waals surface area contributed by atoms with Gasteiger partial charge >= 0.3 is 6.18 Å². The van der Waals surface area contributed by atoms with Crippen LogP contribution in [0.1, 0.15) is 54.7 Å². The van der Waals surface area contributed by atoms with Crippen molar-refractivity contribution in [3.8, 4) is 5.69 Å². The second-order valence-corrected chi connectivity index (χ2v) is 7.94. The van der Waals surface area contributed by atoms with Crippen LogP contribution >= 0.6 is 0 Å². The first kappa shape index (κ1) is 21.9. The van der Waals surface area contributed by atoms with Gasteiger partial charge in [0, 0.05) is 18.5 Å². The molecular weight excluding hydrogens is 429 g/mol. The normalized spacial score (nSPS) is 21.4. The molecule has 1 amide bonds. The lowest BCUT2D eigenvalue weighted by Crippen LogP contribution is -2.45. The number of carbonyl (C=O) groups excluding carboxylic acids is 1. The minimum atomic E-state index is -4.97. The van der Waals surface area contributed by atoms with Crippen molar-refractivity contribution in [2.75, 3.05) is 6.54 Å². The molecule has 0 unspecified atom stereocenters. The second-order valence-electron chi connectivity index (χ2n) is 7.94. The number of halogens is 3. The standard InChI is InChI=1S/C20H21F3N6O3/c1-12-7-8-13(16-26-18(32-27-16)19(2,31)20(21,22)23)11-28(12)17(30)14-5-3-4-6-15(14)29-24-9-10-25-29/h3-6,9-10,12-13,31H,7-8,11H2,1-2H3/t12-,13-,19+/m1/s1. The molecule has 0 saturated carbocycles. The highest BCUT2D eigenvalue weighted by Crippen LogP contribution is 2.38. The average molecular weight is 450 g/mol. The van der Waals surface area contributed by atoms with Crippen LogP contribution in [0, 0.1) is 0 Å². The van der Waals surface area contributed by atoms with Crippen LogP contribution in [0.2, 0.25) is 0 Å². The number of alkyl halides is 3. The van der Waals surface area contributed by atoms with Crippen molar-refractivity contribution in [1.82, 2.24) is 30.0 Å². The Morgan fingerprint density at radius 1 is 1.19 bits per heavy atom. The Balaban J connectivity index is 1.59. The summed E-state index contributed by atoms with van der Waals surface area (Å²) in [6.45, 7) is 2.65. The molecule has 2 aromatic heterocycles. The molecule has 1 aliphatic rings. The summed E-state index contributed by atoms with van der Waals surface area (Å²) in [5.74, 6) is -1.60. The van der Waals surface area contributed by atoms with Crippen molar-refractivity contribution in [3.05, 3.63) is 53.9 Å². The van der Waals surface area contributed by atoms with Gasteiger partial charge in [0.15, 0.2) is 5.82 Å². The van der Waals surface area contributed by atoms with Gasteiger partial charge in [0.05, 0.1) is 23.6 Å². The third kappa shape index (κ3) is 3.85. The number of rotatable bonds is 4. The molecule has 3 atom stereocenters. The highest BCUT2D eigenvalue weighted by atomic mass is 19.4. The largest absolute Gasteiger partial charge is 0.426 e. The van der Waals surface area contributed by atoms with Crippen LogP contribution < -0.4 is 0 Å². The van der Waals surface area contributed by atoms with Gasteiger partial charge in [-0.15, -0.1) is 0 Å². The monoisotopic (exact) mass is 450 g/mol. The molecule has 0 aliphatic carbocycles. The van der Waals surface area contributed by atoms with Crippen molar-refractivity contribution < 1.29 is 27.6 Å². The van der Waals surface area contributed by atoms with E-state index in [1.165, 1.54) is 17.2 Å². The number of piperidine rings is 1. The molecule has 1 saturated heterocycles. The molecule has 12 heteroatoms. The summed E-state index contributed by atoms with van der Waals surface area (Å²) < 4.78 is 44.0. The van der Waals surface area contributed by atoms with Gasteiger partial charge in [-0.3, -0.25) is 4.79 Å². The average Bonchev–Trinajstić information content (AvgIpc) is 3.45. The highest BCUT2D eigenvalue weighted by molar-refractivity contribution is 5.98.